The van der Waals surface area contributed by atoms with E-state index >= 15 is 0 Å². The van der Waals surface area contributed by atoms with Crippen molar-refractivity contribution in [3.8, 4) is 22.3 Å². The van der Waals surface area contributed by atoms with Crippen LogP contribution in [0.25, 0.3) is 22.3 Å². The van der Waals surface area contributed by atoms with Crippen molar-refractivity contribution in [2.45, 2.75) is 30.7 Å². The van der Waals surface area contributed by atoms with E-state index in [-0.39, 0.29) is 11.3 Å². The largest absolute Gasteiger partial charge is 0.379 e. The van der Waals surface area contributed by atoms with Crippen molar-refractivity contribution < 1.29 is 9.53 Å². The second-order valence-corrected chi connectivity index (χ2v) is 10.5. The number of rotatable bonds is 7. The molecule has 0 radical (unpaired) electrons. The highest BCUT2D eigenvalue weighted by Gasteiger charge is 2.34. The molecule has 0 spiro atoms. The second kappa shape index (κ2) is 10.3. The van der Waals surface area contributed by atoms with Gasteiger partial charge in [-0.15, -0.1) is 11.8 Å². The van der Waals surface area contributed by atoms with Gasteiger partial charge in [-0.3, -0.25) is 9.78 Å². The maximum atomic E-state index is 12.7. The van der Waals surface area contributed by atoms with Crippen molar-refractivity contribution in [2.24, 2.45) is 0 Å². The van der Waals surface area contributed by atoms with E-state index in [1.807, 2.05) is 36.6 Å². The number of carbonyl (C=O) groups is 1. The number of carbonyl (C=O) groups excluding carboxylic acids is 1. The van der Waals surface area contributed by atoms with Crippen molar-refractivity contribution in [3.63, 3.8) is 0 Å². The molecule has 4 nitrogen and oxygen atoms in total. The third-order valence-corrected chi connectivity index (χ3v) is 7.75. The molecule has 0 saturated carbocycles. The van der Waals surface area contributed by atoms with Gasteiger partial charge in [0, 0.05) is 22.1 Å². The van der Waals surface area contributed by atoms with E-state index < -0.39 is 0 Å². The molecule has 3 aromatic carbocycles. The smallest absolute Gasteiger partial charge is 0.251 e. The molecular formula is C31H30N2O2S. The van der Waals surface area contributed by atoms with Crippen LogP contribution in [0, 0.1) is 6.92 Å². The first-order chi connectivity index (χ1) is 17.4. The normalized spacial score (nSPS) is 14.2. The van der Waals surface area contributed by atoms with E-state index in [1.54, 1.807) is 18.0 Å². The van der Waals surface area contributed by atoms with Gasteiger partial charge in [0.2, 0.25) is 0 Å². The average molecular weight is 495 g/mol. The van der Waals surface area contributed by atoms with Crippen LogP contribution in [0.3, 0.4) is 0 Å². The van der Waals surface area contributed by atoms with Gasteiger partial charge >= 0.3 is 0 Å². The monoisotopic (exact) mass is 494 g/mol. The Bertz CT molecular complexity index is 1390. The van der Waals surface area contributed by atoms with Crippen molar-refractivity contribution in [1.82, 2.24) is 10.3 Å². The molecule has 182 valence electrons. The number of ether oxygens (including phenoxy) is 1. The predicted molar refractivity (Wildman–Crippen MR) is 147 cm³/mol. The van der Waals surface area contributed by atoms with Gasteiger partial charge in [-0.2, -0.15) is 0 Å². The summed E-state index contributed by atoms with van der Waals surface area (Å²) < 4.78 is 5.42. The molecule has 0 bridgehead atoms. The van der Waals surface area contributed by atoms with Gasteiger partial charge in [0.05, 0.1) is 25.5 Å². The molecule has 1 aliphatic heterocycles. The summed E-state index contributed by atoms with van der Waals surface area (Å²) in [5, 5.41) is 3.01. The molecule has 1 aromatic heterocycles. The van der Waals surface area contributed by atoms with Gasteiger partial charge in [0.25, 0.3) is 5.91 Å². The number of nitrogens with zero attached hydrogens (tertiary/aromatic N) is 1. The molecule has 0 atom stereocenters. The van der Waals surface area contributed by atoms with Gasteiger partial charge in [0.15, 0.2) is 0 Å². The number of pyridine rings is 1. The summed E-state index contributed by atoms with van der Waals surface area (Å²) in [5.41, 5.74) is 8.68. The summed E-state index contributed by atoms with van der Waals surface area (Å²) >= 11 is 1.65. The molecule has 0 aliphatic carbocycles. The Morgan fingerprint density at radius 2 is 1.67 bits per heavy atom. The fraction of sp³-hybridized carbons (Fsp3) is 0.226. The first kappa shape index (κ1) is 24.3. The van der Waals surface area contributed by atoms with Crippen LogP contribution in [0.2, 0.25) is 0 Å². The zero-order chi connectivity index (χ0) is 25.1. The van der Waals surface area contributed by atoms with Crippen molar-refractivity contribution in [3.05, 3.63) is 107 Å². The standard InChI is InChI=1S/C31H30N2O2S/c1-21-7-8-26(17-29(21)36-3)30(34)33-18-28-16-25(13-14-32-28)24-6-4-5-23(15-24)22-9-11-27(12-10-22)31(2)19-35-20-31/h4-17H,18-20H2,1-3H3,(H,33,34). The van der Waals surface area contributed by atoms with Crippen LogP contribution in [0.1, 0.15) is 34.1 Å². The van der Waals surface area contributed by atoms with Gasteiger partial charge < -0.3 is 10.1 Å². The van der Waals surface area contributed by atoms with Gasteiger partial charge in [-0.1, -0.05) is 55.5 Å². The number of thioether (sulfide) groups is 1. The van der Waals surface area contributed by atoms with E-state index in [0.717, 1.165) is 34.9 Å². The number of aromatic nitrogens is 1. The van der Waals surface area contributed by atoms with Crippen molar-refractivity contribution >= 4 is 17.7 Å². The average Bonchev–Trinajstić information content (AvgIpc) is 2.91. The summed E-state index contributed by atoms with van der Waals surface area (Å²) in [7, 11) is 0. The number of benzene rings is 3. The maximum Gasteiger partial charge on any atom is 0.251 e. The number of amides is 1. The van der Waals surface area contributed by atoms with E-state index in [9.17, 15) is 4.79 Å². The van der Waals surface area contributed by atoms with E-state index in [0.29, 0.717) is 12.1 Å². The van der Waals surface area contributed by atoms with E-state index in [4.69, 9.17) is 4.74 Å². The van der Waals surface area contributed by atoms with Crippen LogP contribution in [-0.2, 0) is 16.7 Å². The lowest BCUT2D eigenvalue weighted by atomic mass is 9.80. The fourth-order valence-electron chi connectivity index (χ4n) is 4.51. The molecule has 2 heterocycles. The summed E-state index contributed by atoms with van der Waals surface area (Å²) in [6, 6.07) is 27.2. The minimum Gasteiger partial charge on any atom is -0.379 e. The van der Waals surface area contributed by atoms with Crippen LogP contribution >= 0.6 is 11.8 Å². The number of hydrogen-bond acceptors (Lipinski definition) is 4. The van der Waals surface area contributed by atoms with Crippen LogP contribution in [0.15, 0.2) is 90.0 Å². The molecule has 36 heavy (non-hydrogen) atoms. The molecule has 1 N–H and O–H groups in total. The lowest BCUT2D eigenvalue weighted by Gasteiger charge is -2.38. The Morgan fingerprint density at radius 1 is 0.944 bits per heavy atom. The molecule has 5 heteroatoms. The van der Waals surface area contributed by atoms with Crippen LogP contribution in [0.5, 0.6) is 0 Å². The van der Waals surface area contributed by atoms with Crippen molar-refractivity contribution in [2.75, 3.05) is 19.5 Å². The lowest BCUT2D eigenvalue weighted by molar-refractivity contribution is -0.0500. The lowest BCUT2D eigenvalue weighted by Crippen LogP contribution is -2.43. The fourth-order valence-corrected chi connectivity index (χ4v) is 5.14. The van der Waals surface area contributed by atoms with Gasteiger partial charge in [-0.25, -0.2) is 0 Å². The van der Waals surface area contributed by atoms with Crippen LogP contribution < -0.4 is 5.32 Å². The first-order valence-electron chi connectivity index (χ1n) is 12.1. The maximum absolute atomic E-state index is 12.7. The minimum atomic E-state index is -0.0923. The van der Waals surface area contributed by atoms with Gasteiger partial charge in [-0.05, 0) is 76.9 Å². The highest BCUT2D eigenvalue weighted by Crippen LogP contribution is 2.33. The predicted octanol–water partition coefficient (Wildman–Crippen LogP) is 6.66. The topological polar surface area (TPSA) is 51.2 Å². The number of nitrogens with one attached hydrogen (secondary N) is 1. The van der Waals surface area contributed by atoms with Crippen LogP contribution in [-0.4, -0.2) is 30.4 Å². The SMILES string of the molecule is CSc1cc(C(=O)NCc2cc(-c3cccc(-c4ccc(C5(C)COC5)cc4)c3)ccn2)ccc1C. The van der Waals surface area contributed by atoms with Crippen molar-refractivity contribution in [1.29, 1.82) is 0 Å². The summed E-state index contributed by atoms with van der Waals surface area (Å²) in [4.78, 5) is 18.3. The molecule has 0 unspecified atom stereocenters. The first-order valence-corrected chi connectivity index (χ1v) is 13.3. The second-order valence-electron chi connectivity index (χ2n) is 9.61. The molecule has 1 fully saturated rings. The highest BCUT2D eigenvalue weighted by atomic mass is 32.2. The van der Waals surface area contributed by atoms with Crippen LogP contribution in [0.4, 0.5) is 0 Å². The zero-order valence-electron chi connectivity index (χ0n) is 20.9. The molecule has 1 amide bonds. The van der Waals surface area contributed by atoms with E-state index in [1.165, 1.54) is 22.3 Å². The Morgan fingerprint density at radius 3 is 2.36 bits per heavy atom. The summed E-state index contributed by atoms with van der Waals surface area (Å²) in [5.74, 6) is -0.0923. The molecule has 1 saturated heterocycles. The molecule has 4 aromatic rings. The minimum absolute atomic E-state index is 0.0923. The zero-order valence-corrected chi connectivity index (χ0v) is 21.7. The number of aryl methyl sites for hydroxylation is 1. The Kier molecular flexibility index (Phi) is 6.95. The molecule has 1 aliphatic rings. The third-order valence-electron chi connectivity index (χ3n) is 6.87. The highest BCUT2D eigenvalue weighted by molar-refractivity contribution is 7.98. The number of hydrogen-bond donors (Lipinski definition) is 1. The Balaban J connectivity index is 1.30. The summed E-state index contributed by atoms with van der Waals surface area (Å²) in [6.45, 7) is 6.25. The van der Waals surface area contributed by atoms with E-state index in [2.05, 4.69) is 72.7 Å². The van der Waals surface area contributed by atoms with Gasteiger partial charge in [0.1, 0.15) is 0 Å². The molecule has 5 rings (SSSR count). The Labute approximate surface area is 217 Å². The molecular weight excluding hydrogens is 464 g/mol. The summed E-state index contributed by atoms with van der Waals surface area (Å²) in [6.07, 6.45) is 3.83. The quantitative estimate of drug-likeness (QED) is 0.292. The Hall–Kier alpha value is -3.41. The third kappa shape index (κ3) is 5.08.